The van der Waals surface area contributed by atoms with Gasteiger partial charge in [-0.25, -0.2) is 8.42 Å². The van der Waals surface area contributed by atoms with Crippen LogP contribution in [0.15, 0.2) is 88.8 Å². The molecule has 0 saturated heterocycles. The number of sulfone groups is 1. The van der Waals surface area contributed by atoms with Gasteiger partial charge in [0.2, 0.25) is 0 Å². The van der Waals surface area contributed by atoms with Gasteiger partial charge in [0.1, 0.15) is 5.25 Å². The number of hydrogen-bond donors (Lipinski definition) is 0. The van der Waals surface area contributed by atoms with E-state index in [1.165, 1.54) is 12.1 Å². The average Bonchev–Trinajstić information content (AvgIpc) is 3.06. The lowest BCUT2D eigenvalue weighted by atomic mass is 9.56. The maximum atomic E-state index is 14.6. The van der Waals surface area contributed by atoms with Crippen LogP contribution in [0.3, 0.4) is 0 Å². The molecular formula is C27H24F3NO2S. The number of aliphatic imine (C=N–C) groups is 1. The highest BCUT2D eigenvalue weighted by Gasteiger charge is 2.75. The van der Waals surface area contributed by atoms with Crippen molar-refractivity contribution >= 4 is 15.5 Å². The second-order valence-corrected chi connectivity index (χ2v) is 11.4. The molecule has 0 radical (unpaired) electrons. The molecule has 34 heavy (non-hydrogen) atoms. The molecule has 1 aliphatic heterocycles. The summed E-state index contributed by atoms with van der Waals surface area (Å²) in [5.74, 6) is -1.81. The van der Waals surface area contributed by atoms with Crippen LogP contribution in [0.5, 0.6) is 0 Å². The van der Waals surface area contributed by atoms with E-state index in [1.807, 2.05) is 26.0 Å². The maximum Gasteiger partial charge on any atom is 0.413 e. The minimum absolute atomic E-state index is 0.00175. The summed E-state index contributed by atoms with van der Waals surface area (Å²) in [6.07, 6.45) is -4.93. The van der Waals surface area contributed by atoms with Gasteiger partial charge >= 0.3 is 6.18 Å². The highest BCUT2D eigenvalue weighted by atomic mass is 32.2. The molecule has 7 heteroatoms. The van der Waals surface area contributed by atoms with Gasteiger partial charge in [-0.05, 0) is 49.4 Å². The van der Waals surface area contributed by atoms with Gasteiger partial charge in [0.15, 0.2) is 15.4 Å². The minimum Gasteiger partial charge on any atom is -0.271 e. The number of halogens is 3. The van der Waals surface area contributed by atoms with Crippen LogP contribution < -0.4 is 0 Å². The van der Waals surface area contributed by atoms with Crippen LogP contribution in [0.1, 0.15) is 34.6 Å². The topological polar surface area (TPSA) is 46.5 Å². The van der Waals surface area contributed by atoms with E-state index in [0.29, 0.717) is 11.1 Å². The first-order valence-electron chi connectivity index (χ1n) is 11.1. The lowest BCUT2D eigenvalue weighted by Gasteiger charge is -2.51. The summed E-state index contributed by atoms with van der Waals surface area (Å²) >= 11 is 0. The molecule has 0 amide bonds. The van der Waals surface area contributed by atoms with Crippen molar-refractivity contribution in [1.29, 1.82) is 0 Å². The first kappa shape index (κ1) is 22.8. The quantitative estimate of drug-likeness (QED) is 0.453. The average molecular weight is 484 g/mol. The molecule has 0 aromatic heterocycles. The third-order valence-corrected chi connectivity index (χ3v) is 9.30. The minimum atomic E-state index is -4.67. The fraction of sp³-hybridized carbons (Fsp3) is 0.296. The molecule has 0 spiro atoms. The molecule has 1 aliphatic carbocycles. The molecule has 176 valence electrons. The third kappa shape index (κ3) is 3.40. The summed E-state index contributed by atoms with van der Waals surface area (Å²) in [5.41, 5.74) is 0.553. The van der Waals surface area contributed by atoms with E-state index in [0.717, 1.165) is 11.1 Å². The summed E-state index contributed by atoms with van der Waals surface area (Å²) in [6.45, 7) is 3.73. The predicted molar refractivity (Wildman–Crippen MR) is 126 cm³/mol. The largest absolute Gasteiger partial charge is 0.413 e. The van der Waals surface area contributed by atoms with E-state index < -0.39 is 38.6 Å². The predicted octanol–water partition coefficient (Wildman–Crippen LogP) is 6.05. The van der Waals surface area contributed by atoms with Crippen LogP contribution >= 0.6 is 0 Å². The van der Waals surface area contributed by atoms with Crippen LogP contribution in [0, 0.1) is 19.8 Å². The van der Waals surface area contributed by atoms with Crippen LogP contribution in [0.4, 0.5) is 13.2 Å². The van der Waals surface area contributed by atoms with Crippen molar-refractivity contribution in [3.63, 3.8) is 0 Å². The molecule has 3 aromatic rings. The Morgan fingerprint density at radius 2 is 1.41 bits per heavy atom. The van der Waals surface area contributed by atoms with Gasteiger partial charge in [-0.2, -0.15) is 13.2 Å². The summed E-state index contributed by atoms with van der Waals surface area (Å²) in [5, 5.41) is -1.40. The molecule has 1 saturated carbocycles. The van der Waals surface area contributed by atoms with Crippen LogP contribution in [0.25, 0.3) is 0 Å². The highest BCUT2D eigenvalue weighted by Crippen LogP contribution is 2.65. The number of nitrogens with zero attached hydrogens (tertiary/aromatic N) is 1. The molecule has 3 aromatic carbocycles. The second kappa shape index (κ2) is 7.80. The fourth-order valence-corrected chi connectivity index (χ4v) is 7.45. The first-order valence-corrected chi connectivity index (χ1v) is 12.7. The zero-order valence-corrected chi connectivity index (χ0v) is 19.6. The lowest BCUT2D eigenvalue weighted by molar-refractivity contribution is -0.226. The van der Waals surface area contributed by atoms with E-state index in [1.54, 1.807) is 54.6 Å². The van der Waals surface area contributed by atoms with Gasteiger partial charge in [0, 0.05) is 5.92 Å². The Morgan fingerprint density at radius 1 is 0.853 bits per heavy atom. The Morgan fingerprint density at radius 3 is 1.97 bits per heavy atom. The fourth-order valence-electron chi connectivity index (χ4n) is 5.36. The summed E-state index contributed by atoms with van der Waals surface area (Å²) in [7, 11) is -4.16. The SMILES string of the molecule is Cc1ccc(C2CC3(C(F)(F)F)N=C(c4ccccc4)C(S(=O)(=O)c4ccc(C)cc4)C23)cc1. The molecular weight excluding hydrogens is 459 g/mol. The van der Waals surface area contributed by atoms with Crippen molar-refractivity contribution in [2.75, 3.05) is 0 Å². The zero-order valence-electron chi connectivity index (χ0n) is 18.8. The van der Waals surface area contributed by atoms with Gasteiger partial charge in [0.05, 0.1) is 10.6 Å². The molecule has 0 bridgehead atoms. The molecule has 5 rings (SSSR count). The Labute approximate surface area is 197 Å². The number of hydrogen-bond acceptors (Lipinski definition) is 3. The van der Waals surface area contributed by atoms with Gasteiger partial charge in [-0.1, -0.05) is 77.9 Å². The Bertz CT molecular complexity index is 1350. The van der Waals surface area contributed by atoms with Crippen molar-refractivity contribution in [2.24, 2.45) is 10.9 Å². The summed E-state index contributed by atoms with van der Waals surface area (Å²) < 4.78 is 71.8. The number of rotatable bonds is 4. The Hall–Kier alpha value is -2.93. The number of aryl methyl sites for hydroxylation is 2. The van der Waals surface area contributed by atoms with Gasteiger partial charge in [-0.3, -0.25) is 4.99 Å². The first-order chi connectivity index (χ1) is 16.0. The van der Waals surface area contributed by atoms with E-state index in [2.05, 4.69) is 4.99 Å². The van der Waals surface area contributed by atoms with E-state index in [-0.39, 0.29) is 17.0 Å². The molecule has 0 N–H and O–H groups in total. The van der Waals surface area contributed by atoms with Crippen molar-refractivity contribution in [1.82, 2.24) is 0 Å². The van der Waals surface area contributed by atoms with Crippen molar-refractivity contribution in [3.05, 3.63) is 101 Å². The molecule has 1 heterocycles. The smallest absolute Gasteiger partial charge is 0.271 e. The van der Waals surface area contributed by atoms with Gasteiger partial charge < -0.3 is 0 Å². The van der Waals surface area contributed by atoms with Crippen molar-refractivity contribution in [2.45, 2.75) is 48.0 Å². The van der Waals surface area contributed by atoms with Crippen LogP contribution in [-0.4, -0.2) is 31.1 Å². The maximum absolute atomic E-state index is 14.6. The Balaban J connectivity index is 1.71. The molecule has 2 aliphatic rings. The monoisotopic (exact) mass is 483 g/mol. The highest BCUT2D eigenvalue weighted by molar-refractivity contribution is 7.93. The van der Waals surface area contributed by atoms with Gasteiger partial charge in [0.25, 0.3) is 0 Å². The standard InChI is InChI=1S/C27H24F3NO2S/c1-17-8-12-19(13-9-17)22-16-26(27(28,29)30)23(22)25(24(31-26)20-6-4-3-5-7-20)34(32,33)21-14-10-18(2)11-15-21/h3-15,22-23,25H,16H2,1-2H3. The van der Waals surface area contributed by atoms with E-state index in [9.17, 15) is 21.6 Å². The van der Waals surface area contributed by atoms with Crippen LogP contribution in [-0.2, 0) is 9.84 Å². The summed E-state index contributed by atoms with van der Waals surface area (Å²) in [6, 6.07) is 21.9. The molecule has 3 nitrogen and oxygen atoms in total. The van der Waals surface area contributed by atoms with Crippen molar-refractivity contribution < 1.29 is 21.6 Å². The summed E-state index contributed by atoms with van der Waals surface area (Å²) in [4.78, 5) is 4.24. The Kier molecular flexibility index (Phi) is 5.24. The lowest BCUT2D eigenvalue weighted by Crippen LogP contribution is -2.62. The van der Waals surface area contributed by atoms with Crippen molar-refractivity contribution in [3.8, 4) is 0 Å². The number of fused-ring (bicyclic) bond motifs is 1. The third-order valence-electron chi connectivity index (χ3n) is 7.18. The molecule has 4 atom stereocenters. The van der Waals surface area contributed by atoms with E-state index in [4.69, 9.17) is 0 Å². The second-order valence-electron chi connectivity index (χ2n) is 9.31. The van der Waals surface area contributed by atoms with Crippen LogP contribution in [0.2, 0.25) is 0 Å². The molecule has 4 unspecified atom stereocenters. The zero-order chi connectivity index (χ0) is 24.3. The number of alkyl halides is 3. The molecule has 1 fully saturated rings. The van der Waals surface area contributed by atoms with E-state index >= 15 is 0 Å². The number of benzene rings is 3. The normalized spacial score (nSPS) is 26.5. The van der Waals surface area contributed by atoms with Gasteiger partial charge in [-0.15, -0.1) is 0 Å².